The fourth-order valence-electron chi connectivity index (χ4n) is 1.29. The second-order valence-corrected chi connectivity index (χ2v) is 4.76. The quantitative estimate of drug-likeness (QED) is 0.625. The first-order valence-electron chi connectivity index (χ1n) is 4.90. The van der Waals surface area contributed by atoms with E-state index in [1.807, 2.05) is 20.8 Å². The van der Waals surface area contributed by atoms with Gasteiger partial charge in [-0.15, -0.1) is 5.06 Å². The van der Waals surface area contributed by atoms with Gasteiger partial charge in [0.1, 0.15) is 0 Å². The summed E-state index contributed by atoms with van der Waals surface area (Å²) in [6.07, 6.45) is 2.25. The summed E-state index contributed by atoms with van der Waals surface area (Å²) >= 11 is 0. The number of hydroxylamine groups is 2. The summed E-state index contributed by atoms with van der Waals surface area (Å²) in [6, 6.07) is 0.381. The first-order chi connectivity index (χ1) is 5.91. The standard InChI is InChI=1S/C10H19NO2/c1-8-6-5-7-11(8)13-9(12)10(2,3)4/h8H,5-7H2,1-4H3. The highest BCUT2D eigenvalue weighted by Gasteiger charge is 2.29. The molecule has 1 heterocycles. The lowest BCUT2D eigenvalue weighted by Crippen LogP contribution is -2.35. The Labute approximate surface area is 80.0 Å². The largest absolute Gasteiger partial charge is 0.367 e. The molecule has 0 spiro atoms. The van der Waals surface area contributed by atoms with E-state index in [0.29, 0.717) is 6.04 Å². The number of hydrogen-bond acceptors (Lipinski definition) is 3. The molecule has 0 saturated carbocycles. The predicted molar refractivity (Wildman–Crippen MR) is 50.9 cm³/mol. The molecule has 1 unspecified atom stereocenters. The van der Waals surface area contributed by atoms with Gasteiger partial charge in [-0.3, -0.25) is 0 Å². The smallest absolute Gasteiger partial charge is 0.330 e. The van der Waals surface area contributed by atoms with Crippen LogP contribution < -0.4 is 0 Å². The van der Waals surface area contributed by atoms with Crippen molar-refractivity contribution in [3.05, 3.63) is 0 Å². The van der Waals surface area contributed by atoms with Crippen LogP contribution in [0.4, 0.5) is 0 Å². The average Bonchev–Trinajstić information content (AvgIpc) is 2.34. The monoisotopic (exact) mass is 185 g/mol. The van der Waals surface area contributed by atoms with Crippen molar-refractivity contribution in [2.75, 3.05) is 6.54 Å². The van der Waals surface area contributed by atoms with Crippen LogP contribution in [0.2, 0.25) is 0 Å². The van der Waals surface area contributed by atoms with E-state index in [9.17, 15) is 4.79 Å². The molecule has 0 aromatic carbocycles. The molecule has 76 valence electrons. The summed E-state index contributed by atoms with van der Waals surface area (Å²) in [5.74, 6) is -0.138. The summed E-state index contributed by atoms with van der Waals surface area (Å²) < 4.78 is 0. The third-order valence-electron chi connectivity index (χ3n) is 2.30. The molecule has 3 heteroatoms. The molecule has 1 atom stereocenters. The zero-order valence-corrected chi connectivity index (χ0v) is 8.96. The lowest BCUT2D eigenvalue weighted by Gasteiger charge is -2.24. The minimum atomic E-state index is -0.400. The van der Waals surface area contributed by atoms with E-state index in [2.05, 4.69) is 6.92 Å². The second kappa shape index (κ2) is 3.66. The molecule has 0 aromatic rings. The summed E-state index contributed by atoms with van der Waals surface area (Å²) in [5.41, 5.74) is -0.400. The van der Waals surface area contributed by atoms with E-state index in [4.69, 9.17) is 4.84 Å². The highest BCUT2D eigenvalue weighted by molar-refractivity contribution is 5.75. The molecule has 0 aliphatic carbocycles. The molecule has 3 nitrogen and oxygen atoms in total. The molecular weight excluding hydrogens is 166 g/mol. The first-order valence-corrected chi connectivity index (χ1v) is 4.90. The maximum atomic E-state index is 11.5. The molecule has 1 rings (SSSR count). The molecule has 0 aromatic heterocycles. The SMILES string of the molecule is CC1CCCN1OC(=O)C(C)(C)C. The van der Waals surface area contributed by atoms with E-state index in [0.717, 1.165) is 19.4 Å². The van der Waals surface area contributed by atoms with Crippen molar-refractivity contribution in [3.8, 4) is 0 Å². The highest BCUT2D eigenvalue weighted by Crippen LogP contribution is 2.21. The molecule has 13 heavy (non-hydrogen) atoms. The summed E-state index contributed by atoms with van der Waals surface area (Å²) in [4.78, 5) is 16.8. The van der Waals surface area contributed by atoms with Gasteiger partial charge in [-0.25, -0.2) is 4.79 Å². The summed E-state index contributed by atoms with van der Waals surface area (Å²) in [5, 5.41) is 1.80. The molecule has 0 bridgehead atoms. The van der Waals surface area contributed by atoms with Gasteiger partial charge in [0.25, 0.3) is 0 Å². The lowest BCUT2D eigenvalue weighted by atomic mass is 9.98. The van der Waals surface area contributed by atoms with E-state index < -0.39 is 5.41 Å². The van der Waals surface area contributed by atoms with Crippen LogP contribution in [0, 0.1) is 5.41 Å². The highest BCUT2D eigenvalue weighted by atomic mass is 16.7. The number of rotatable bonds is 1. The maximum absolute atomic E-state index is 11.5. The Morgan fingerprint density at radius 3 is 2.46 bits per heavy atom. The van der Waals surface area contributed by atoms with Crippen LogP contribution in [0.1, 0.15) is 40.5 Å². The van der Waals surface area contributed by atoms with Crippen LogP contribution in [0.3, 0.4) is 0 Å². The van der Waals surface area contributed by atoms with Gasteiger partial charge in [0.15, 0.2) is 0 Å². The van der Waals surface area contributed by atoms with Gasteiger partial charge >= 0.3 is 5.97 Å². The topological polar surface area (TPSA) is 29.5 Å². The van der Waals surface area contributed by atoms with Gasteiger partial charge in [0.05, 0.1) is 5.41 Å². The molecule has 1 aliphatic heterocycles. The molecule has 0 N–H and O–H groups in total. The predicted octanol–water partition coefficient (Wildman–Crippen LogP) is 1.97. The molecular formula is C10H19NO2. The van der Waals surface area contributed by atoms with Crippen molar-refractivity contribution in [2.45, 2.75) is 46.6 Å². The van der Waals surface area contributed by atoms with Gasteiger partial charge in [-0.1, -0.05) is 0 Å². The zero-order valence-electron chi connectivity index (χ0n) is 8.96. The third kappa shape index (κ3) is 2.69. The fourth-order valence-corrected chi connectivity index (χ4v) is 1.29. The first kappa shape index (κ1) is 10.5. The Bertz CT molecular complexity index is 196. The maximum Gasteiger partial charge on any atom is 0.330 e. The van der Waals surface area contributed by atoms with E-state index >= 15 is 0 Å². The minimum Gasteiger partial charge on any atom is -0.367 e. The Hall–Kier alpha value is -0.570. The van der Waals surface area contributed by atoms with Crippen LogP contribution in [-0.2, 0) is 9.63 Å². The summed E-state index contributed by atoms with van der Waals surface area (Å²) in [6.45, 7) is 8.58. The Morgan fingerprint density at radius 2 is 2.08 bits per heavy atom. The van der Waals surface area contributed by atoms with Gasteiger partial charge < -0.3 is 4.84 Å². The third-order valence-corrected chi connectivity index (χ3v) is 2.30. The fraction of sp³-hybridized carbons (Fsp3) is 0.900. The molecule has 0 radical (unpaired) electrons. The van der Waals surface area contributed by atoms with Crippen molar-refractivity contribution in [1.29, 1.82) is 0 Å². The molecule has 1 saturated heterocycles. The summed E-state index contributed by atoms with van der Waals surface area (Å²) in [7, 11) is 0. The lowest BCUT2D eigenvalue weighted by molar-refractivity contribution is -0.202. The Balaban J connectivity index is 2.45. The van der Waals surface area contributed by atoms with E-state index in [1.54, 1.807) is 5.06 Å². The molecule has 0 amide bonds. The van der Waals surface area contributed by atoms with Crippen molar-refractivity contribution >= 4 is 5.97 Å². The van der Waals surface area contributed by atoms with Gasteiger partial charge in [-0.2, -0.15) is 0 Å². The van der Waals surface area contributed by atoms with Crippen LogP contribution in [-0.4, -0.2) is 23.6 Å². The van der Waals surface area contributed by atoms with Crippen molar-refractivity contribution < 1.29 is 9.63 Å². The number of nitrogens with zero attached hydrogens (tertiary/aromatic N) is 1. The minimum absolute atomic E-state index is 0.138. The van der Waals surface area contributed by atoms with E-state index in [-0.39, 0.29) is 5.97 Å². The Morgan fingerprint density at radius 1 is 1.46 bits per heavy atom. The van der Waals surface area contributed by atoms with Crippen LogP contribution >= 0.6 is 0 Å². The van der Waals surface area contributed by atoms with E-state index in [1.165, 1.54) is 0 Å². The van der Waals surface area contributed by atoms with Gasteiger partial charge in [0, 0.05) is 12.6 Å². The molecule has 1 aliphatic rings. The van der Waals surface area contributed by atoms with Gasteiger partial charge in [-0.05, 0) is 40.5 Å². The van der Waals surface area contributed by atoms with Crippen molar-refractivity contribution in [2.24, 2.45) is 5.41 Å². The number of carbonyl (C=O) groups is 1. The number of hydrogen-bond donors (Lipinski definition) is 0. The normalized spacial score (nSPS) is 24.8. The van der Waals surface area contributed by atoms with Crippen LogP contribution in [0.25, 0.3) is 0 Å². The van der Waals surface area contributed by atoms with Gasteiger partial charge in [0.2, 0.25) is 0 Å². The Kier molecular flexibility index (Phi) is 2.96. The second-order valence-electron chi connectivity index (χ2n) is 4.76. The number of carbonyl (C=O) groups excluding carboxylic acids is 1. The average molecular weight is 185 g/mol. The van der Waals surface area contributed by atoms with Crippen molar-refractivity contribution in [3.63, 3.8) is 0 Å². The van der Waals surface area contributed by atoms with Crippen molar-refractivity contribution in [1.82, 2.24) is 5.06 Å². The zero-order chi connectivity index (χ0) is 10.1. The van der Waals surface area contributed by atoms with Crippen LogP contribution in [0.15, 0.2) is 0 Å². The van der Waals surface area contributed by atoms with Crippen LogP contribution in [0.5, 0.6) is 0 Å². The molecule has 1 fully saturated rings.